The molecule has 8 heteroatoms. The molecule has 0 heterocycles. The van der Waals surface area contributed by atoms with Gasteiger partial charge in [0.1, 0.15) is 0 Å². The summed E-state index contributed by atoms with van der Waals surface area (Å²) in [5, 5.41) is 23.2. The molecular formula is C12H18N2O5S. The second-order valence-electron chi connectivity index (χ2n) is 4.24. The molecule has 0 aromatic heterocycles. The fourth-order valence-electron chi connectivity index (χ4n) is 1.88. The summed E-state index contributed by atoms with van der Waals surface area (Å²) < 4.78 is 22.5. The SMILES string of the molecule is CCCN(CCO)c1ccc(S(N)(=O)=O)cc1C(=O)O. The van der Waals surface area contributed by atoms with Gasteiger partial charge in [0.15, 0.2) is 0 Å². The number of aromatic carboxylic acids is 1. The van der Waals surface area contributed by atoms with Gasteiger partial charge in [-0.15, -0.1) is 0 Å². The van der Waals surface area contributed by atoms with Crippen LogP contribution in [0.25, 0.3) is 0 Å². The van der Waals surface area contributed by atoms with Gasteiger partial charge in [0, 0.05) is 13.1 Å². The number of primary sulfonamides is 1. The third-order valence-electron chi connectivity index (χ3n) is 2.73. The second kappa shape index (κ2) is 6.69. The lowest BCUT2D eigenvalue weighted by atomic mass is 10.1. The highest BCUT2D eigenvalue weighted by Gasteiger charge is 2.19. The summed E-state index contributed by atoms with van der Waals surface area (Å²) in [5.74, 6) is -1.25. The average molecular weight is 302 g/mol. The van der Waals surface area contributed by atoms with Gasteiger partial charge in [0.25, 0.3) is 0 Å². The zero-order valence-electron chi connectivity index (χ0n) is 11.1. The Kier molecular flexibility index (Phi) is 5.49. The fraction of sp³-hybridized carbons (Fsp3) is 0.417. The highest BCUT2D eigenvalue weighted by atomic mass is 32.2. The van der Waals surface area contributed by atoms with Crippen molar-refractivity contribution >= 4 is 21.7 Å². The van der Waals surface area contributed by atoms with E-state index in [0.29, 0.717) is 12.2 Å². The lowest BCUT2D eigenvalue weighted by molar-refractivity contribution is 0.0697. The zero-order valence-corrected chi connectivity index (χ0v) is 11.9. The summed E-state index contributed by atoms with van der Waals surface area (Å²) in [7, 11) is -3.96. The minimum absolute atomic E-state index is 0.129. The first kappa shape index (κ1) is 16.4. The van der Waals surface area contributed by atoms with Crippen LogP contribution < -0.4 is 10.0 Å². The van der Waals surface area contributed by atoms with E-state index in [-0.39, 0.29) is 23.6 Å². The van der Waals surface area contributed by atoms with Crippen molar-refractivity contribution < 1.29 is 23.4 Å². The Morgan fingerprint density at radius 3 is 2.45 bits per heavy atom. The second-order valence-corrected chi connectivity index (χ2v) is 5.80. The van der Waals surface area contributed by atoms with E-state index in [9.17, 15) is 18.3 Å². The Balaban J connectivity index is 3.35. The maximum Gasteiger partial charge on any atom is 0.337 e. The lowest BCUT2D eigenvalue weighted by Gasteiger charge is -2.25. The number of sulfonamides is 1. The molecule has 0 amide bonds. The molecule has 4 N–H and O–H groups in total. The van der Waals surface area contributed by atoms with Crippen LogP contribution >= 0.6 is 0 Å². The number of hydrogen-bond donors (Lipinski definition) is 3. The molecule has 0 spiro atoms. The standard InChI is InChI=1S/C12H18N2O5S/c1-2-5-14(6-7-15)11-4-3-9(20(13,18)19)8-10(11)12(16)17/h3-4,8,15H,2,5-7H2,1H3,(H,16,17)(H2,13,18,19). The summed E-state index contributed by atoms with van der Waals surface area (Å²) in [6.07, 6.45) is 0.760. The minimum Gasteiger partial charge on any atom is -0.478 e. The molecule has 1 aromatic rings. The summed E-state index contributed by atoms with van der Waals surface area (Å²) in [4.78, 5) is 12.7. The van der Waals surface area contributed by atoms with Crippen LogP contribution in [0, 0.1) is 0 Å². The molecule has 20 heavy (non-hydrogen) atoms. The third kappa shape index (κ3) is 3.92. The van der Waals surface area contributed by atoms with Crippen molar-refractivity contribution in [3.8, 4) is 0 Å². The number of hydrogen-bond acceptors (Lipinski definition) is 5. The van der Waals surface area contributed by atoms with Crippen molar-refractivity contribution in [3.63, 3.8) is 0 Å². The average Bonchev–Trinajstić information content (AvgIpc) is 2.36. The van der Waals surface area contributed by atoms with Gasteiger partial charge in [0.2, 0.25) is 10.0 Å². The van der Waals surface area contributed by atoms with Crippen LogP contribution in [0.1, 0.15) is 23.7 Å². The monoisotopic (exact) mass is 302 g/mol. The molecule has 0 atom stereocenters. The van der Waals surface area contributed by atoms with Crippen molar-refractivity contribution in [3.05, 3.63) is 23.8 Å². The maximum absolute atomic E-state index is 11.3. The quantitative estimate of drug-likeness (QED) is 0.663. The van der Waals surface area contributed by atoms with Crippen molar-refractivity contribution in [2.45, 2.75) is 18.2 Å². The van der Waals surface area contributed by atoms with Gasteiger partial charge in [-0.05, 0) is 24.6 Å². The highest BCUT2D eigenvalue weighted by Crippen LogP contribution is 2.24. The van der Waals surface area contributed by atoms with Gasteiger partial charge in [-0.2, -0.15) is 0 Å². The molecule has 1 aromatic carbocycles. The van der Waals surface area contributed by atoms with Gasteiger partial charge in [-0.25, -0.2) is 18.4 Å². The Bertz CT molecular complexity index is 580. The number of aliphatic hydroxyl groups excluding tert-OH is 1. The molecule has 0 bridgehead atoms. The molecule has 0 aliphatic carbocycles. The van der Waals surface area contributed by atoms with E-state index >= 15 is 0 Å². The van der Waals surface area contributed by atoms with E-state index in [4.69, 9.17) is 10.2 Å². The van der Waals surface area contributed by atoms with Gasteiger partial charge < -0.3 is 15.1 Å². The number of carboxylic acid groups (broad SMARTS) is 1. The number of nitrogens with two attached hydrogens (primary N) is 1. The molecule has 0 fully saturated rings. The first-order chi connectivity index (χ1) is 9.31. The number of rotatable bonds is 7. The smallest absolute Gasteiger partial charge is 0.337 e. The van der Waals surface area contributed by atoms with E-state index < -0.39 is 16.0 Å². The number of carbonyl (C=O) groups is 1. The summed E-state index contributed by atoms with van der Waals surface area (Å²) in [6.45, 7) is 2.61. The molecule has 0 unspecified atom stereocenters. The Morgan fingerprint density at radius 2 is 2.00 bits per heavy atom. The number of nitrogens with zero attached hydrogens (tertiary/aromatic N) is 1. The largest absolute Gasteiger partial charge is 0.478 e. The fourth-order valence-corrected chi connectivity index (χ4v) is 2.42. The number of benzene rings is 1. The summed E-state index contributed by atoms with van der Waals surface area (Å²) in [5.41, 5.74) is 0.208. The van der Waals surface area contributed by atoms with Crippen LogP contribution in [-0.4, -0.2) is 44.3 Å². The summed E-state index contributed by atoms with van der Waals surface area (Å²) in [6, 6.07) is 3.69. The Labute approximate surface area is 117 Å². The molecular weight excluding hydrogens is 284 g/mol. The number of aliphatic hydroxyl groups is 1. The van der Waals surface area contributed by atoms with E-state index in [2.05, 4.69) is 0 Å². The van der Waals surface area contributed by atoms with Crippen LogP contribution in [0.5, 0.6) is 0 Å². The minimum atomic E-state index is -3.96. The first-order valence-corrected chi connectivity index (χ1v) is 7.61. The van der Waals surface area contributed by atoms with Gasteiger partial charge in [-0.1, -0.05) is 6.92 Å². The van der Waals surface area contributed by atoms with Gasteiger partial charge in [-0.3, -0.25) is 0 Å². The van der Waals surface area contributed by atoms with E-state index in [1.165, 1.54) is 12.1 Å². The Hall–Kier alpha value is -1.64. The molecule has 0 aliphatic heterocycles. The van der Waals surface area contributed by atoms with Crippen LogP contribution in [0.15, 0.2) is 23.1 Å². The lowest BCUT2D eigenvalue weighted by Crippen LogP contribution is -2.29. The van der Waals surface area contributed by atoms with Crippen molar-refractivity contribution in [2.75, 3.05) is 24.6 Å². The highest BCUT2D eigenvalue weighted by molar-refractivity contribution is 7.89. The predicted octanol–water partition coefficient (Wildman–Crippen LogP) is 0.241. The van der Waals surface area contributed by atoms with E-state index in [1.54, 1.807) is 4.90 Å². The van der Waals surface area contributed by atoms with Crippen molar-refractivity contribution in [1.82, 2.24) is 0 Å². The first-order valence-electron chi connectivity index (χ1n) is 6.07. The predicted molar refractivity (Wildman–Crippen MR) is 74.4 cm³/mol. The third-order valence-corrected chi connectivity index (χ3v) is 3.64. The van der Waals surface area contributed by atoms with Crippen LogP contribution in [-0.2, 0) is 10.0 Å². The zero-order chi connectivity index (χ0) is 15.3. The van der Waals surface area contributed by atoms with Crippen LogP contribution in [0.4, 0.5) is 5.69 Å². The molecule has 0 aliphatic rings. The van der Waals surface area contributed by atoms with E-state index in [1.807, 2.05) is 6.92 Å². The molecule has 0 radical (unpaired) electrons. The van der Waals surface area contributed by atoms with Gasteiger partial charge in [0.05, 0.1) is 22.8 Å². The van der Waals surface area contributed by atoms with Crippen molar-refractivity contribution in [2.24, 2.45) is 5.14 Å². The summed E-state index contributed by atoms with van der Waals surface area (Å²) >= 11 is 0. The molecule has 0 saturated heterocycles. The molecule has 1 rings (SSSR count). The molecule has 7 nitrogen and oxygen atoms in total. The normalized spacial score (nSPS) is 11.3. The number of anilines is 1. The number of carboxylic acids is 1. The molecule has 112 valence electrons. The van der Waals surface area contributed by atoms with Crippen molar-refractivity contribution in [1.29, 1.82) is 0 Å². The Morgan fingerprint density at radius 1 is 1.35 bits per heavy atom. The molecule has 0 saturated carbocycles. The van der Waals surface area contributed by atoms with Crippen LogP contribution in [0.2, 0.25) is 0 Å². The van der Waals surface area contributed by atoms with E-state index in [0.717, 1.165) is 12.5 Å². The topological polar surface area (TPSA) is 121 Å². The van der Waals surface area contributed by atoms with Crippen LogP contribution in [0.3, 0.4) is 0 Å². The van der Waals surface area contributed by atoms with Gasteiger partial charge >= 0.3 is 5.97 Å². The maximum atomic E-state index is 11.3.